The number of nitrogens with zero attached hydrogens (tertiary/aromatic N) is 3. The van der Waals surface area contributed by atoms with Gasteiger partial charge in [-0.2, -0.15) is 4.98 Å². The number of rotatable bonds is 7. The molecule has 1 aromatic rings. The van der Waals surface area contributed by atoms with Crippen molar-refractivity contribution >= 4 is 23.1 Å². The second-order valence-corrected chi connectivity index (χ2v) is 4.20. The first-order valence-corrected chi connectivity index (χ1v) is 5.93. The largest absolute Gasteiger partial charge is 0.391 e. The van der Waals surface area contributed by atoms with Crippen LogP contribution in [0.15, 0.2) is 0 Å². The van der Waals surface area contributed by atoms with Crippen molar-refractivity contribution in [2.45, 2.75) is 19.4 Å². The van der Waals surface area contributed by atoms with Crippen LogP contribution in [-0.2, 0) is 4.74 Å². The predicted molar refractivity (Wildman–Crippen MR) is 69.4 cm³/mol. The van der Waals surface area contributed by atoms with Gasteiger partial charge in [0.2, 0.25) is 11.1 Å². The topological polar surface area (TPSA) is 110 Å². The van der Waals surface area contributed by atoms with E-state index in [1.54, 1.807) is 0 Å². The number of aliphatic hydroxyl groups excluding tert-OH is 1. The van der Waals surface area contributed by atoms with Crippen LogP contribution in [0.3, 0.4) is 0 Å². The molecule has 1 atom stereocenters. The van der Waals surface area contributed by atoms with Gasteiger partial charge in [0.05, 0.1) is 17.6 Å². The third kappa shape index (κ3) is 4.58. The van der Waals surface area contributed by atoms with Crippen molar-refractivity contribution < 1.29 is 14.8 Å². The number of hydrogen-bond acceptors (Lipinski definition) is 7. The maximum atomic E-state index is 10.9. The number of anilines is 1. The minimum atomic E-state index is -0.644. The van der Waals surface area contributed by atoms with E-state index in [4.69, 9.17) is 16.3 Å². The Morgan fingerprint density at radius 1 is 1.58 bits per heavy atom. The van der Waals surface area contributed by atoms with Crippen LogP contribution in [-0.4, -0.2) is 46.4 Å². The van der Waals surface area contributed by atoms with Gasteiger partial charge in [0.15, 0.2) is 0 Å². The van der Waals surface area contributed by atoms with Crippen LogP contribution < -0.4 is 5.32 Å². The first-order chi connectivity index (χ1) is 8.95. The number of nitro groups is 1. The fourth-order valence-electron chi connectivity index (χ4n) is 1.51. The fraction of sp³-hybridized carbons (Fsp3) is 0.600. The van der Waals surface area contributed by atoms with Gasteiger partial charge in [-0.1, -0.05) is 0 Å². The lowest BCUT2D eigenvalue weighted by atomic mass is 10.2. The molecule has 1 heterocycles. The van der Waals surface area contributed by atoms with Gasteiger partial charge in [-0.05, 0) is 24.9 Å². The quantitative estimate of drug-likeness (QED) is 0.440. The van der Waals surface area contributed by atoms with E-state index in [-0.39, 0.29) is 29.1 Å². The smallest absolute Gasteiger partial charge is 0.332 e. The maximum absolute atomic E-state index is 10.9. The number of ether oxygens (including phenoxy) is 1. The Kier molecular flexibility index (Phi) is 5.87. The van der Waals surface area contributed by atoms with E-state index in [0.29, 0.717) is 13.0 Å². The second-order valence-electron chi connectivity index (χ2n) is 3.86. The van der Waals surface area contributed by atoms with Crippen molar-refractivity contribution in [1.29, 1.82) is 0 Å². The fourth-order valence-corrected chi connectivity index (χ4v) is 1.72. The Morgan fingerprint density at radius 2 is 2.26 bits per heavy atom. The summed E-state index contributed by atoms with van der Waals surface area (Å²) in [5.74, 6) is 0.0483. The zero-order valence-electron chi connectivity index (χ0n) is 10.6. The molecule has 8 nitrogen and oxygen atoms in total. The van der Waals surface area contributed by atoms with Crippen LogP contribution in [0.5, 0.6) is 0 Å². The molecule has 19 heavy (non-hydrogen) atoms. The predicted octanol–water partition coefficient (Wildman–Crippen LogP) is 1.16. The molecule has 0 aliphatic heterocycles. The van der Waals surface area contributed by atoms with Crippen molar-refractivity contribution in [2.24, 2.45) is 0 Å². The Labute approximate surface area is 114 Å². The summed E-state index contributed by atoms with van der Waals surface area (Å²) in [6.07, 6.45) is -0.277. The van der Waals surface area contributed by atoms with Crippen molar-refractivity contribution in [3.63, 3.8) is 0 Å². The molecule has 0 amide bonds. The van der Waals surface area contributed by atoms with Crippen LogP contribution in [0, 0.1) is 17.0 Å². The summed E-state index contributed by atoms with van der Waals surface area (Å²) >= 11 is 5.66. The summed E-state index contributed by atoms with van der Waals surface area (Å²) < 4.78 is 4.77. The third-order valence-corrected chi connectivity index (χ3v) is 2.51. The Balaban J connectivity index is 2.74. The summed E-state index contributed by atoms with van der Waals surface area (Å²) in [6.45, 7) is 1.99. The lowest BCUT2D eigenvalue weighted by Crippen LogP contribution is -2.19. The maximum Gasteiger partial charge on any atom is 0.332 e. The Hall–Kier alpha value is -1.51. The van der Waals surface area contributed by atoms with Gasteiger partial charge in [0, 0.05) is 13.7 Å². The number of nitrogens with one attached hydrogen (secondary N) is 1. The van der Waals surface area contributed by atoms with E-state index < -0.39 is 11.0 Å². The Bertz CT molecular complexity index is 457. The first kappa shape index (κ1) is 15.5. The average Bonchev–Trinajstić information content (AvgIpc) is 2.27. The normalized spacial score (nSPS) is 12.2. The van der Waals surface area contributed by atoms with Crippen LogP contribution in [0.25, 0.3) is 0 Å². The molecular formula is C10H15ClN4O4. The number of aliphatic hydroxyl groups is 1. The van der Waals surface area contributed by atoms with Crippen LogP contribution in [0.1, 0.15) is 12.1 Å². The summed E-state index contributed by atoms with van der Waals surface area (Å²) in [5, 5.41) is 23.1. The van der Waals surface area contributed by atoms with Crippen molar-refractivity contribution in [3.8, 4) is 0 Å². The highest BCUT2D eigenvalue weighted by atomic mass is 35.5. The summed E-state index contributed by atoms with van der Waals surface area (Å²) in [7, 11) is 1.48. The number of aromatic nitrogens is 2. The number of hydrogen-bond donors (Lipinski definition) is 2. The first-order valence-electron chi connectivity index (χ1n) is 5.55. The van der Waals surface area contributed by atoms with Gasteiger partial charge >= 0.3 is 5.69 Å². The van der Waals surface area contributed by atoms with Crippen LogP contribution >= 0.6 is 11.6 Å². The second kappa shape index (κ2) is 7.17. The van der Waals surface area contributed by atoms with E-state index in [1.807, 2.05) is 0 Å². The zero-order valence-corrected chi connectivity index (χ0v) is 11.3. The molecule has 9 heteroatoms. The van der Waals surface area contributed by atoms with Gasteiger partial charge in [-0.3, -0.25) is 10.1 Å². The molecule has 1 rings (SSSR count). The monoisotopic (exact) mass is 290 g/mol. The molecule has 0 saturated heterocycles. The summed E-state index contributed by atoms with van der Waals surface area (Å²) in [5.41, 5.74) is -0.0319. The molecule has 2 N–H and O–H groups in total. The summed E-state index contributed by atoms with van der Waals surface area (Å²) in [6, 6.07) is 0. The SMILES string of the molecule is COCC(O)CCNc1nc(Cl)nc(C)c1[N+](=O)[O-]. The highest BCUT2D eigenvalue weighted by Crippen LogP contribution is 2.26. The lowest BCUT2D eigenvalue weighted by molar-refractivity contribution is -0.385. The molecule has 106 valence electrons. The minimum absolute atomic E-state index is 0.0483. The van der Waals surface area contributed by atoms with Gasteiger partial charge in [-0.25, -0.2) is 4.98 Å². The molecular weight excluding hydrogens is 276 g/mol. The molecule has 0 spiro atoms. The van der Waals surface area contributed by atoms with E-state index in [9.17, 15) is 15.2 Å². The minimum Gasteiger partial charge on any atom is -0.391 e. The molecule has 0 radical (unpaired) electrons. The number of halogens is 1. The van der Waals surface area contributed by atoms with Gasteiger partial charge in [-0.15, -0.1) is 0 Å². The molecule has 0 aliphatic carbocycles. The molecule has 0 aromatic carbocycles. The van der Waals surface area contributed by atoms with Gasteiger partial charge < -0.3 is 15.2 Å². The van der Waals surface area contributed by atoms with Crippen LogP contribution in [0.2, 0.25) is 5.28 Å². The molecule has 1 aromatic heterocycles. The van der Waals surface area contributed by atoms with Crippen molar-refractivity contribution in [2.75, 3.05) is 25.6 Å². The number of methoxy groups -OCH3 is 1. The highest BCUT2D eigenvalue weighted by Gasteiger charge is 2.21. The zero-order chi connectivity index (χ0) is 14.4. The molecule has 0 saturated carbocycles. The summed E-state index contributed by atoms with van der Waals surface area (Å²) in [4.78, 5) is 17.9. The Morgan fingerprint density at radius 3 is 2.84 bits per heavy atom. The van der Waals surface area contributed by atoms with E-state index in [1.165, 1.54) is 14.0 Å². The van der Waals surface area contributed by atoms with E-state index in [0.717, 1.165) is 0 Å². The van der Waals surface area contributed by atoms with Gasteiger partial charge in [0.25, 0.3) is 0 Å². The average molecular weight is 291 g/mol. The van der Waals surface area contributed by atoms with Crippen molar-refractivity contribution in [3.05, 3.63) is 21.1 Å². The molecule has 0 aliphatic rings. The van der Waals surface area contributed by atoms with Crippen LogP contribution in [0.4, 0.5) is 11.5 Å². The standard InChI is InChI=1S/C10H15ClN4O4/c1-6-8(15(17)18)9(14-10(11)13-6)12-4-3-7(16)5-19-2/h7,16H,3-5H2,1-2H3,(H,12,13,14). The highest BCUT2D eigenvalue weighted by molar-refractivity contribution is 6.28. The van der Waals surface area contributed by atoms with Gasteiger partial charge in [0.1, 0.15) is 5.69 Å². The van der Waals surface area contributed by atoms with E-state index >= 15 is 0 Å². The molecule has 1 unspecified atom stereocenters. The third-order valence-electron chi connectivity index (χ3n) is 2.34. The lowest BCUT2D eigenvalue weighted by Gasteiger charge is -2.11. The molecule has 0 bridgehead atoms. The molecule has 0 fully saturated rings. The number of aryl methyl sites for hydroxylation is 1. The van der Waals surface area contributed by atoms with Crippen molar-refractivity contribution in [1.82, 2.24) is 9.97 Å². The van der Waals surface area contributed by atoms with E-state index in [2.05, 4.69) is 15.3 Å².